The van der Waals surface area contributed by atoms with Crippen molar-refractivity contribution in [2.75, 3.05) is 17.7 Å². The Bertz CT molecular complexity index is 1100. The number of rotatable bonds is 8. The molecule has 0 radical (unpaired) electrons. The van der Waals surface area contributed by atoms with Crippen molar-refractivity contribution in [2.24, 2.45) is 0 Å². The molecule has 0 saturated carbocycles. The summed E-state index contributed by atoms with van der Waals surface area (Å²) < 4.78 is 5.78. The molecule has 6 nitrogen and oxygen atoms in total. The summed E-state index contributed by atoms with van der Waals surface area (Å²) in [6.07, 6.45) is 0.723. The van der Waals surface area contributed by atoms with Crippen LogP contribution in [-0.2, 0) is 22.6 Å². The Balaban J connectivity index is 1.31. The van der Waals surface area contributed by atoms with Gasteiger partial charge in [-0.1, -0.05) is 72.4 Å². The van der Waals surface area contributed by atoms with Crippen LogP contribution in [0.25, 0.3) is 0 Å². The molecule has 4 rings (SSSR count). The predicted molar refractivity (Wildman–Crippen MR) is 125 cm³/mol. The fraction of sp³-hybridized carbons (Fsp3) is 0.160. The molecule has 0 aromatic heterocycles. The maximum absolute atomic E-state index is 12.4. The maximum Gasteiger partial charge on any atom is 0.289 e. The van der Waals surface area contributed by atoms with E-state index >= 15 is 0 Å². The van der Waals surface area contributed by atoms with Crippen molar-refractivity contribution < 1.29 is 19.1 Å². The van der Waals surface area contributed by atoms with E-state index in [1.807, 2.05) is 42.5 Å². The fourth-order valence-corrected chi connectivity index (χ4v) is 4.08. The Morgan fingerprint density at radius 2 is 1.62 bits per heavy atom. The number of benzene rings is 3. The lowest BCUT2D eigenvalue weighted by Gasteiger charge is -2.14. The molecule has 1 aliphatic heterocycles. The highest BCUT2D eigenvalue weighted by Gasteiger charge is 2.29. The molecule has 162 valence electrons. The van der Waals surface area contributed by atoms with Gasteiger partial charge in [-0.15, -0.1) is 0 Å². The molecule has 1 N–H and O–H groups in total. The SMILES string of the molecule is O=C(COc1ccccc1Cc1ccccc1)Nc1ccc(CN2C(=O)CSC2=O)cc1. The van der Waals surface area contributed by atoms with Gasteiger partial charge in [0.05, 0.1) is 12.3 Å². The molecule has 1 heterocycles. The first-order valence-electron chi connectivity index (χ1n) is 10.2. The Hall–Kier alpha value is -3.58. The van der Waals surface area contributed by atoms with E-state index in [-0.39, 0.29) is 36.0 Å². The van der Waals surface area contributed by atoms with Gasteiger partial charge in [-0.3, -0.25) is 19.3 Å². The number of amides is 3. The molecular formula is C25H22N2O4S. The summed E-state index contributed by atoms with van der Waals surface area (Å²) in [6, 6.07) is 24.8. The van der Waals surface area contributed by atoms with Crippen LogP contribution in [0.3, 0.4) is 0 Å². The lowest BCUT2D eigenvalue weighted by molar-refractivity contribution is -0.125. The van der Waals surface area contributed by atoms with Gasteiger partial charge in [0.15, 0.2) is 6.61 Å². The number of nitrogens with zero attached hydrogens (tertiary/aromatic N) is 1. The van der Waals surface area contributed by atoms with Crippen LogP contribution in [0.1, 0.15) is 16.7 Å². The fourth-order valence-electron chi connectivity index (χ4n) is 3.36. The molecule has 0 unspecified atom stereocenters. The summed E-state index contributed by atoms with van der Waals surface area (Å²) in [4.78, 5) is 37.0. The third kappa shape index (κ3) is 5.56. The van der Waals surface area contributed by atoms with Crippen LogP contribution in [0.5, 0.6) is 5.75 Å². The van der Waals surface area contributed by atoms with E-state index in [0.717, 1.165) is 29.3 Å². The van der Waals surface area contributed by atoms with Gasteiger partial charge in [0.2, 0.25) is 5.91 Å². The minimum Gasteiger partial charge on any atom is -0.483 e. The lowest BCUT2D eigenvalue weighted by Crippen LogP contribution is -2.27. The number of thioether (sulfide) groups is 1. The average Bonchev–Trinajstić information content (AvgIpc) is 3.12. The van der Waals surface area contributed by atoms with E-state index in [0.29, 0.717) is 11.4 Å². The zero-order valence-corrected chi connectivity index (χ0v) is 18.1. The number of imide groups is 1. The number of ether oxygens (including phenoxy) is 1. The zero-order valence-electron chi connectivity index (χ0n) is 17.3. The minimum atomic E-state index is -0.270. The Kier molecular flexibility index (Phi) is 6.87. The summed E-state index contributed by atoms with van der Waals surface area (Å²) in [7, 11) is 0. The van der Waals surface area contributed by atoms with Crippen LogP contribution in [0.15, 0.2) is 78.9 Å². The topological polar surface area (TPSA) is 75.7 Å². The molecule has 1 aliphatic rings. The second-order valence-electron chi connectivity index (χ2n) is 7.34. The van der Waals surface area contributed by atoms with Crippen LogP contribution in [-0.4, -0.2) is 34.3 Å². The van der Waals surface area contributed by atoms with Crippen molar-refractivity contribution in [1.29, 1.82) is 0 Å². The second kappa shape index (κ2) is 10.2. The first-order chi connectivity index (χ1) is 15.6. The van der Waals surface area contributed by atoms with Gasteiger partial charge in [-0.25, -0.2) is 0 Å². The summed E-state index contributed by atoms with van der Waals surface area (Å²) in [5, 5.41) is 2.58. The van der Waals surface area contributed by atoms with Gasteiger partial charge in [0.25, 0.3) is 11.1 Å². The number of hydrogen-bond donors (Lipinski definition) is 1. The van der Waals surface area contributed by atoms with Crippen LogP contribution in [0.4, 0.5) is 10.5 Å². The molecule has 32 heavy (non-hydrogen) atoms. The van der Waals surface area contributed by atoms with Gasteiger partial charge in [0.1, 0.15) is 5.75 Å². The minimum absolute atomic E-state index is 0.110. The molecule has 3 aromatic carbocycles. The molecule has 3 amide bonds. The third-order valence-corrected chi connectivity index (χ3v) is 5.85. The standard InChI is InChI=1S/C25H22N2O4S/c28-23(16-31-22-9-5-4-8-20(22)14-18-6-2-1-3-7-18)26-21-12-10-19(11-13-21)15-27-24(29)17-32-25(27)30/h1-13H,14-17H2,(H,26,28). The molecule has 3 aromatic rings. The second-order valence-corrected chi connectivity index (χ2v) is 8.26. The number of carbonyl (C=O) groups excluding carboxylic acids is 3. The van der Waals surface area contributed by atoms with E-state index in [4.69, 9.17) is 4.74 Å². The summed E-state index contributed by atoms with van der Waals surface area (Å²) in [5.74, 6) is 0.428. The van der Waals surface area contributed by atoms with Crippen molar-refractivity contribution in [3.05, 3.63) is 95.6 Å². The molecular weight excluding hydrogens is 424 g/mol. The molecule has 0 spiro atoms. The highest BCUT2D eigenvalue weighted by Crippen LogP contribution is 2.23. The Labute approximate surface area is 190 Å². The van der Waals surface area contributed by atoms with Crippen LogP contribution < -0.4 is 10.1 Å². The van der Waals surface area contributed by atoms with Crippen LogP contribution in [0, 0.1) is 0 Å². The van der Waals surface area contributed by atoms with E-state index in [9.17, 15) is 14.4 Å². The summed E-state index contributed by atoms with van der Waals surface area (Å²) >= 11 is 1.02. The highest BCUT2D eigenvalue weighted by molar-refractivity contribution is 8.14. The number of anilines is 1. The third-order valence-electron chi connectivity index (χ3n) is 4.99. The molecule has 0 bridgehead atoms. The van der Waals surface area contributed by atoms with Crippen molar-refractivity contribution >= 4 is 34.5 Å². The van der Waals surface area contributed by atoms with Crippen LogP contribution in [0.2, 0.25) is 0 Å². The Morgan fingerprint density at radius 1 is 0.906 bits per heavy atom. The van der Waals surface area contributed by atoms with Crippen molar-refractivity contribution in [3.8, 4) is 5.75 Å². The quantitative estimate of drug-likeness (QED) is 0.552. The van der Waals surface area contributed by atoms with Gasteiger partial charge in [-0.2, -0.15) is 0 Å². The first kappa shape index (κ1) is 21.6. The molecule has 1 fully saturated rings. The average molecular weight is 447 g/mol. The van der Waals surface area contributed by atoms with E-state index in [1.54, 1.807) is 24.3 Å². The number of nitrogens with one attached hydrogen (secondary N) is 1. The van der Waals surface area contributed by atoms with Crippen LogP contribution >= 0.6 is 11.8 Å². The van der Waals surface area contributed by atoms with E-state index in [1.165, 1.54) is 10.5 Å². The van der Waals surface area contributed by atoms with Gasteiger partial charge >= 0.3 is 0 Å². The monoisotopic (exact) mass is 446 g/mol. The summed E-state index contributed by atoms with van der Waals surface area (Å²) in [6.45, 7) is 0.127. The molecule has 0 aliphatic carbocycles. The molecule has 0 atom stereocenters. The first-order valence-corrected chi connectivity index (χ1v) is 11.2. The van der Waals surface area contributed by atoms with E-state index in [2.05, 4.69) is 17.4 Å². The number of carbonyl (C=O) groups is 3. The zero-order chi connectivity index (χ0) is 22.3. The normalized spacial score (nSPS) is 13.3. The van der Waals surface area contributed by atoms with Gasteiger partial charge in [-0.05, 0) is 34.9 Å². The molecule has 1 saturated heterocycles. The van der Waals surface area contributed by atoms with Gasteiger partial charge in [0, 0.05) is 12.1 Å². The highest BCUT2D eigenvalue weighted by atomic mass is 32.2. The van der Waals surface area contributed by atoms with Crippen molar-refractivity contribution in [2.45, 2.75) is 13.0 Å². The summed E-state index contributed by atoms with van der Waals surface area (Å²) in [5.41, 5.74) is 3.62. The van der Waals surface area contributed by atoms with Crippen molar-refractivity contribution in [3.63, 3.8) is 0 Å². The lowest BCUT2D eigenvalue weighted by atomic mass is 10.0. The predicted octanol–water partition coefficient (Wildman–Crippen LogP) is 4.49. The Morgan fingerprint density at radius 3 is 2.34 bits per heavy atom. The largest absolute Gasteiger partial charge is 0.483 e. The smallest absolute Gasteiger partial charge is 0.289 e. The van der Waals surface area contributed by atoms with Crippen molar-refractivity contribution in [1.82, 2.24) is 4.90 Å². The number of para-hydroxylation sites is 1. The van der Waals surface area contributed by atoms with Gasteiger partial charge < -0.3 is 10.1 Å². The van der Waals surface area contributed by atoms with E-state index < -0.39 is 0 Å². The molecule has 7 heteroatoms. The maximum atomic E-state index is 12.4. The number of hydrogen-bond acceptors (Lipinski definition) is 5.